The second-order valence-corrected chi connectivity index (χ2v) is 18.4. The number of benzene rings is 12. The number of fused-ring (bicyclic) bond motifs is 8. The van der Waals surface area contributed by atoms with Crippen LogP contribution >= 0.6 is 0 Å². The summed E-state index contributed by atoms with van der Waals surface area (Å²) < 4.78 is 8.89. The largest absolute Gasteiger partial charge is 0.456 e. The van der Waals surface area contributed by atoms with E-state index >= 15 is 0 Å². The van der Waals surface area contributed by atoms with Crippen LogP contribution in [0, 0.1) is 0 Å². The van der Waals surface area contributed by atoms with Crippen molar-refractivity contribution in [3.05, 3.63) is 267 Å². The SMILES string of the molecule is c1ccc(N(c2ccc(-c3ccc(-c4cccc5ccccc45)cc3)cc2)c2ccc(-c3ccccc3-n3c4ccccc4c4ccccc43)cc2)c(-c2ccc3oc4cc5ccccc5cc4c3c2)c1. The summed E-state index contributed by atoms with van der Waals surface area (Å²) in [4.78, 5) is 2.40. The van der Waals surface area contributed by atoms with E-state index in [0.717, 1.165) is 66.9 Å². The maximum atomic E-state index is 6.47. The van der Waals surface area contributed by atoms with Gasteiger partial charge in [-0.15, -0.1) is 0 Å². The zero-order valence-corrected chi connectivity index (χ0v) is 38.7. The molecule has 3 nitrogen and oxygen atoms in total. The summed E-state index contributed by atoms with van der Waals surface area (Å²) >= 11 is 0. The normalized spacial score (nSPS) is 11.7. The van der Waals surface area contributed by atoms with Crippen molar-refractivity contribution in [1.29, 1.82) is 0 Å². The van der Waals surface area contributed by atoms with E-state index < -0.39 is 0 Å². The summed E-state index contributed by atoms with van der Waals surface area (Å²) in [6, 6.07) is 96.8. The first-order chi connectivity index (χ1) is 35.2. The Balaban J connectivity index is 0.881. The van der Waals surface area contributed by atoms with Crippen LogP contribution in [0.2, 0.25) is 0 Å². The molecule has 0 bridgehead atoms. The fourth-order valence-electron chi connectivity index (χ4n) is 11.0. The third-order valence-corrected chi connectivity index (χ3v) is 14.4. The van der Waals surface area contributed by atoms with Gasteiger partial charge in [-0.25, -0.2) is 0 Å². The molecule has 14 rings (SSSR count). The Labute approximate surface area is 411 Å². The first kappa shape index (κ1) is 40.6. The Morgan fingerprint density at radius 3 is 1.48 bits per heavy atom. The van der Waals surface area contributed by atoms with Crippen molar-refractivity contribution >= 4 is 82.4 Å². The molecule has 2 heterocycles. The fraction of sp³-hybridized carbons (Fsp3) is 0. The lowest BCUT2D eigenvalue weighted by molar-refractivity contribution is 0.669. The molecule has 0 spiro atoms. The summed E-state index contributed by atoms with van der Waals surface area (Å²) in [6.07, 6.45) is 0. The summed E-state index contributed by atoms with van der Waals surface area (Å²) in [5.41, 5.74) is 17.9. The van der Waals surface area contributed by atoms with Crippen molar-refractivity contribution in [2.75, 3.05) is 4.90 Å². The van der Waals surface area contributed by atoms with Crippen LogP contribution in [0.15, 0.2) is 271 Å². The van der Waals surface area contributed by atoms with Gasteiger partial charge in [0, 0.05) is 44.0 Å². The molecule has 3 heteroatoms. The Morgan fingerprint density at radius 1 is 0.282 bits per heavy atom. The lowest BCUT2D eigenvalue weighted by atomic mass is 9.96. The topological polar surface area (TPSA) is 21.3 Å². The number of anilines is 3. The van der Waals surface area contributed by atoms with E-state index in [2.05, 4.69) is 276 Å². The smallest absolute Gasteiger partial charge is 0.136 e. The standard InChI is InChI=1S/C68H44N2O/c1-2-16-51-44-68-62(42-50(51)15-1)61-43-52(36-41-67(61)71-68)58-20-6-9-24-63(58)69(53-37-32-46(33-38-53)45-28-30-48(31-29-45)56-23-13-17-47-14-3-4-18-55(47)56)54-39-34-49(35-40-54)57-19-5-10-25-64(57)70-65-26-11-7-21-59(65)60-22-8-12-27-66(60)70/h1-44H. The van der Waals surface area contributed by atoms with Crippen molar-refractivity contribution in [3.63, 3.8) is 0 Å². The Morgan fingerprint density at radius 2 is 0.761 bits per heavy atom. The van der Waals surface area contributed by atoms with Gasteiger partial charge in [0.05, 0.1) is 22.4 Å². The Bertz CT molecular complexity index is 4270. The molecular weight excluding hydrogens is 861 g/mol. The minimum Gasteiger partial charge on any atom is -0.456 e. The van der Waals surface area contributed by atoms with Crippen molar-refractivity contribution in [3.8, 4) is 50.2 Å². The lowest BCUT2D eigenvalue weighted by Gasteiger charge is -2.28. The molecule has 0 N–H and O–H groups in total. The Hall–Kier alpha value is -9.44. The number of hydrogen-bond acceptors (Lipinski definition) is 2. The molecule has 14 aromatic rings. The van der Waals surface area contributed by atoms with Crippen LogP contribution in [0.4, 0.5) is 17.1 Å². The monoisotopic (exact) mass is 904 g/mol. The van der Waals surface area contributed by atoms with E-state index in [1.807, 2.05) is 0 Å². The second-order valence-electron chi connectivity index (χ2n) is 18.4. The highest BCUT2D eigenvalue weighted by Crippen LogP contribution is 2.45. The van der Waals surface area contributed by atoms with Crippen molar-refractivity contribution in [2.45, 2.75) is 0 Å². The van der Waals surface area contributed by atoms with Gasteiger partial charge >= 0.3 is 0 Å². The number of furan rings is 1. The average Bonchev–Trinajstić information content (AvgIpc) is 3.97. The summed E-state index contributed by atoms with van der Waals surface area (Å²) in [5.74, 6) is 0. The molecule has 0 saturated carbocycles. The molecule has 0 aliphatic rings. The quantitative estimate of drug-likeness (QED) is 0.151. The first-order valence-electron chi connectivity index (χ1n) is 24.3. The highest BCUT2D eigenvalue weighted by Gasteiger charge is 2.21. The van der Waals surface area contributed by atoms with E-state index in [0.29, 0.717) is 0 Å². The van der Waals surface area contributed by atoms with Crippen LogP contribution in [-0.2, 0) is 0 Å². The van der Waals surface area contributed by atoms with Crippen LogP contribution < -0.4 is 4.90 Å². The van der Waals surface area contributed by atoms with E-state index in [1.54, 1.807) is 0 Å². The highest BCUT2D eigenvalue weighted by atomic mass is 16.3. The minimum absolute atomic E-state index is 0.880. The maximum Gasteiger partial charge on any atom is 0.136 e. The van der Waals surface area contributed by atoms with Crippen LogP contribution in [0.3, 0.4) is 0 Å². The molecule has 0 aliphatic heterocycles. The molecule has 12 aromatic carbocycles. The zero-order chi connectivity index (χ0) is 46.8. The summed E-state index contributed by atoms with van der Waals surface area (Å²) in [7, 11) is 0. The van der Waals surface area contributed by atoms with Crippen molar-refractivity contribution in [1.82, 2.24) is 4.57 Å². The number of rotatable bonds is 8. The average molecular weight is 905 g/mol. The van der Waals surface area contributed by atoms with Crippen LogP contribution in [-0.4, -0.2) is 4.57 Å². The van der Waals surface area contributed by atoms with Gasteiger partial charge in [-0.2, -0.15) is 0 Å². The van der Waals surface area contributed by atoms with E-state index in [-0.39, 0.29) is 0 Å². The predicted octanol–water partition coefficient (Wildman–Crippen LogP) is 19.1. The summed E-state index contributed by atoms with van der Waals surface area (Å²) in [6.45, 7) is 0. The Kier molecular flexibility index (Phi) is 9.53. The maximum absolute atomic E-state index is 6.47. The summed E-state index contributed by atoms with van der Waals surface area (Å²) in [5, 5.41) is 9.60. The van der Waals surface area contributed by atoms with Crippen LogP contribution in [0.25, 0.3) is 115 Å². The van der Waals surface area contributed by atoms with Crippen LogP contribution in [0.1, 0.15) is 0 Å². The van der Waals surface area contributed by atoms with Gasteiger partial charge in [-0.05, 0) is 128 Å². The first-order valence-corrected chi connectivity index (χ1v) is 24.3. The molecule has 0 radical (unpaired) electrons. The van der Waals surface area contributed by atoms with Crippen LogP contribution in [0.5, 0.6) is 0 Å². The third kappa shape index (κ3) is 6.89. The van der Waals surface area contributed by atoms with Crippen molar-refractivity contribution in [2.24, 2.45) is 0 Å². The highest BCUT2D eigenvalue weighted by molar-refractivity contribution is 6.12. The van der Waals surface area contributed by atoms with Gasteiger partial charge in [0.15, 0.2) is 0 Å². The molecule has 71 heavy (non-hydrogen) atoms. The van der Waals surface area contributed by atoms with Crippen molar-refractivity contribution < 1.29 is 4.42 Å². The van der Waals surface area contributed by atoms with Gasteiger partial charge in [0.1, 0.15) is 11.2 Å². The number of aromatic nitrogens is 1. The second kappa shape index (κ2) is 16.7. The van der Waals surface area contributed by atoms with Gasteiger partial charge in [-0.1, -0.05) is 194 Å². The fourth-order valence-corrected chi connectivity index (χ4v) is 11.0. The van der Waals surface area contributed by atoms with Gasteiger partial charge in [0.2, 0.25) is 0 Å². The number of hydrogen-bond donors (Lipinski definition) is 0. The molecule has 0 aliphatic carbocycles. The van der Waals surface area contributed by atoms with Gasteiger partial charge in [-0.3, -0.25) is 0 Å². The molecule has 0 atom stereocenters. The van der Waals surface area contributed by atoms with E-state index in [9.17, 15) is 0 Å². The molecule has 0 fully saturated rings. The van der Waals surface area contributed by atoms with E-state index in [1.165, 1.54) is 65.6 Å². The third-order valence-electron chi connectivity index (χ3n) is 14.4. The molecule has 0 unspecified atom stereocenters. The predicted molar refractivity (Wildman–Crippen MR) is 299 cm³/mol. The zero-order valence-electron chi connectivity index (χ0n) is 38.7. The molecular formula is C68H44N2O. The lowest BCUT2D eigenvalue weighted by Crippen LogP contribution is -2.11. The number of nitrogens with zero attached hydrogens (tertiary/aromatic N) is 2. The molecule has 2 aromatic heterocycles. The number of para-hydroxylation sites is 4. The molecule has 332 valence electrons. The minimum atomic E-state index is 0.880. The molecule has 0 saturated heterocycles. The van der Waals surface area contributed by atoms with E-state index in [4.69, 9.17) is 4.42 Å². The van der Waals surface area contributed by atoms with Gasteiger partial charge < -0.3 is 13.9 Å². The molecule has 0 amide bonds. The van der Waals surface area contributed by atoms with Gasteiger partial charge in [0.25, 0.3) is 0 Å².